The predicted molar refractivity (Wildman–Crippen MR) is 101 cm³/mol. The number of ketones is 1. The van der Waals surface area contributed by atoms with Gasteiger partial charge in [0.1, 0.15) is 18.1 Å². The van der Waals surface area contributed by atoms with Crippen LogP contribution in [0.4, 0.5) is 0 Å². The molecule has 0 saturated heterocycles. The van der Waals surface area contributed by atoms with Gasteiger partial charge in [-0.25, -0.2) is 0 Å². The molecule has 1 unspecified atom stereocenters. The number of nitrogens with zero attached hydrogens (tertiary/aromatic N) is 2. The van der Waals surface area contributed by atoms with Gasteiger partial charge >= 0.3 is 0 Å². The lowest BCUT2D eigenvalue weighted by Gasteiger charge is -2.18. The van der Waals surface area contributed by atoms with Gasteiger partial charge in [-0.15, -0.1) is 0 Å². The molecule has 4 heteroatoms. The largest absolute Gasteiger partial charge is 0.487 e. The number of rotatable bonds is 5. The fourth-order valence-electron chi connectivity index (χ4n) is 3.59. The molecule has 0 radical (unpaired) electrons. The molecule has 0 fully saturated rings. The van der Waals surface area contributed by atoms with E-state index in [1.807, 2.05) is 53.2 Å². The number of hydrogen-bond acceptors (Lipinski definition) is 3. The van der Waals surface area contributed by atoms with Crippen LogP contribution in [0.2, 0.25) is 0 Å². The van der Waals surface area contributed by atoms with Gasteiger partial charge < -0.3 is 4.74 Å². The summed E-state index contributed by atoms with van der Waals surface area (Å²) < 4.78 is 7.90. The van der Waals surface area contributed by atoms with Gasteiger partial charge in [-0.2, -0.15) is 5.10 Å². The Bertz CT molecular complexity index is 901. The normalized spacial score (nSPS) is 14.7. The van der Waals surface area contributed by atoms with Crippen molar-refractivity contribution in [1.82, 2.24) is 9.78 Å². The van der Waals surface area contributed by atoms with Crippen molar-refractivity contribution in [3.8, 4) is 5.75 Å². The van der Waals surface area contributed by atoms with Crippen molar-refractivity contribution in [2.24, 2.45) is 0 Å². The van der Waals surface area contributed by atoms with Crippen LogP contribution in [0.3, 0.4) is 0 Å². The number of benzene rings is 2. The van der Waals surface area contributed by atoms with Crippen LogP contribution >= 0.6 is 0 Å². The van der Waals surface area contributed by atoms with Crippen molar-refractivity contribution in [2.75, 3.05) is 0 Å². The summed E-state index contributed by atoms with van der Waals surface area (Å²) in [5.74, 6) is 0.972. The lowest BCUT2D eigenvalue weighted by molar-refractivity contribution is 0.0969. The number of para-hydroxylation sites is 1. The molecule has 0 aliphatic heterocycles. The number of ether oxygens (including phenoxy) is 1. The van der Waals surface area contributed by atoms with Crippen LogP contribution in [0.25, 0.3) is 0 Å². The molecule has 0 N–H and O–H groups in total. The molecule has 1 aliphatic carbocycles. The fourth-order valence-corrected chi connectivity index (χ4v) is 3.59. The Morgan fingerprint density at radius 2 is 1.73 bits per heavy atom. The second kappa shape index (κ2) is 7.16. The third-order valence-corrected chi connectivity index (χ3v) is 4.95. The maximum atomic E-state index is 12.6. The first-order valence-electron chi connectivity index (χ1n) is 9.10. The maximum Gasteiger partial charge on any atom is 0.166 e. The van der Waals surface area contributed by atoms with E-state index in [0.717, 1.165) is 35.5 Å². The highest BCUT2D eigenvalue weighted by Gasteiger charge is 2.29. The zero-order chi connectivity index (χ0) is 17.9. The second-order valence-electron chi connectivity index (χ2n) is 6.68. The van der Waals surface area contributed by atoms with E-state index in [0.29, 0.717) is 13.0 Å². The van der Waals surface area contributed by atoms with Crippen molar-refractivity contribution in [3.63, 3.8) is 0 Å². The number of carbonyl (C=O) groups excluding carboxylic acids is 1. The summed E-state index contributed by atoms with van der Waals surface area (Å²) in [6, 6.07) is 20.0. The Balaban J connectivity index is 1.68. The molecule has 0 spiro atoms. The van der Waals surface area contributed by atoms with Crippen molar-refractivity contribution in [1.29, 1.82) is 0 Å². The highest BCUT2D eigenvalue weighted by Crippen LogP contribution is 2.29. The molecule has 132 valence electrons. The molecular weight excluding hydrogens is 324 g/mol. The molecule has 26 heavy (non-hydrogen) atoms. The molecule has 1 aromatic heterocycles. The zero-order valence-electron chi connectivity index (χ0n) is 14.9. The molecule has 3 aromatic rings. The van der Waals surface area contributed by atoms with Crippen LogP contribution in [0.15, 0.2) is 60.7 Å². The van der Waals surface area contributed by atoms with Gasteiger partial charge in [-0.05, 0) is 37.5 Å². The first-order chi connectivity index (χ1) is 12.7. The third kappa shape index (κ3) is 3.15. The second-order valence-corrected chi connectivity index (χ2v) is 6.68. The quantitative estimate of drug-likeness (QED) is 0.679. The predicted octanol–water partition coefficient (Wildman–Crippen LogP) is 4.59. The summed E-state index contributed by atoms with van der Waals surface area (Å²) >= 11 is 0. The van der Waals surface area contributed by atoms with Crippen molar-refractivity contribution in [3.05, 3.63) is 83.2 Å². The van der Waals surface area contributed by atoms with Gasteiger partial charge in [0.2, 0.25) is 0 Å². The maximum absolute atomic E-state index is 12.6. The lowest BCUT2D eigenvalue weighted by Crippen LogP contribution is -2.17. The number of fused-ring (bicyclic) bond motifs is 1. The first-order valence-corrected chi connectivity index (χ1v) is 9.10. The first kappa shape index (κ1) is 16.6. The van der Waals surface area contributed by atoms with Crippen LogP contribution in [0.1, 0.15) is 53.1 Å². The SMILES string of the molecule is CC(c1ccccc1)n1nc(COc2ccccc2)c2c1CCCC2=O. The van der Waals surface area contributed by atoms with E-state index < -0.39 is 0 Å². The van der Waals surface area contributed by atoms with E-state index in [1.165, 1.54) is 5.56 Å². The van der Waals surface area contributed by atoms with Crippen molar-refractivity contribution in [2.45, 2.75) is 38.8 Å². The highest BCUT2D eigenvalue weighted by molar-refractivity contribution is 5.99. The number of hydrogen-bond donors (Lipinski definition) is 0. The minimum Gasteiger partial charge on any atom is -0.487 e. The van der Waals surface area contributed by atoms with Gasteiger partial charge in [0.25, 0.3) is 0 Å². The molecule has 0 amide bonds. The van der Waals surface area contributed by atoms with Crippen molar-refractivity contribution >= 4 is 5.78 Å². The lowest BCUT2D eigenvalue weighted by atomic mass is 9.94. The van der Waals surface area contributed by atoms with Crippen LogP contribution < -0.4 is 4.74 Å². The third-order valence-electron chi connectivity index (χ3n) is 4.95. The molecule has 1 heterocycles. The summed E-state index contributed by atoms with van der Waals surface area (Å²) in [7, 11) is 0. The monoisotopic (exact) mass is 346 g/mol. The fraction of sp³-hybridized carbons (Fsp3) is 0.273. The van der Waals surface area contributed by atoms with Gasteiger partial charge in [0, 0.05) is 6.42 Å². The zero-order valence-corrected chi connectivity index (χ0v) is 14.9. The van der Waals surface area contributed by atoms with Gasteiger partial charge in [-0.3, -0.25) is 9.48 Å². The molecule has 4 rings (SSSR count). The Morgan fingerprint density at radius 3 is 2.46 bits per heavy atom. The summed E-state index contributed by atoms with van der Waals surface area (Å²) in [5.41, 5.74) is 3.75. The van der Waals surface area contributed by atoms with Crippen molar-refractivity contribution < 1.29 is 9.53 Å². The molecule has 4 nitrogen and oxygen atoms in total. The summed E-state index contributed by atoms with van der Waals surface area (Å²) in [4.78, 5) is 12.6. The van der Waals surface area contributed by atoms with Gasteiger partial charge in [0.15, 0.2) is 5.78 Å². The Morgan fingerprint density at radius 1 is 1.04 bits per heavy atom. The highest BCUT2D eigenvalue weighted by atomic mass is 16.5. The number of aromatic nitrogens is 2. The summed E-state index contributed by atoms with van der Waals surface area (Å²) in [5, 5.41) is 4.80. The molecular formula is C22H22N2O2. The van der Waals surface area contributed by atoms with Crippen LogP contribution in [0.5, 0.6) is 5.75 Å². The average Bonchev–Trinajstić information content (AvgIpc) is 3.07. The molecule has 0 saturated carbocycles. The van der Waals surface area contributed by atoms with E-state index >= 15 is 0 Å². The van der Waals surface area contributed by atoms with E-state index in [1.54, 1.807) is 0 Å². The van der Waals surface area contributed by atoms with E-state index in [9.17, 15) is 4.79 Å². The summed E-state index contributed by atoms with van der Waals surface area (Å²) in [6.45, 7) is 2.44. The minimum absolute atomic E-state index is 0.0846. The van der Waals surface area contributed by atoms with Gasteiger partial charge in [0.05, 0.1) is 17.3 Å². The van der Waals surface area contributed by atoms with E-state index in [2.05, 4.69) is 19.1 Å². The molecule has 1 atom stereocenters. The smallest absolute Gasteiger partial charge is 0.166 e. The Labute approximate surface area is 153 Å². The standard InChI is InChI=1S/C22H22N2O2/c1-16(17-9-4-2-5-10-17)24-20-13-8-14-21(25)22(20)19(23-24)15-26-18-11-6-3-7-12-18/h2-7,9-12,16H,8,13-15H2,1H3. The Kier molecular flexibility index (Phi) is 4.57. The molecule has 0 bridgehead atoms. The molecule has 2 aromatic carbocycles. The summed E-state index contributed by atoms with van der Waals surface area (Å²) in [6.07, 6.45) is 2.37. The Hall–Kier alpha value is -2.88. The number of Topliss-reactive ketones (excluding diaryl/α,β-unsaturated/α-hetero) is 1. The van der Waals surface area contributed by atoms with E-state index in [-0.39, 0.29) is 11.8 Å². The topological polar surface area (TPSA) is 44.1 Å². The minimum atomic E-state index is 0.0846. The average molecular weight is 346 g/mol. The van der Waals surface area contributed by atoms with Crippen LogP contribution in [-0.4, -0.2) is 15.6 Å². The van der Waals surface area contributed by atoms with Crippen LogP contribution in [0, 0.1) is 0 Å². The van der Waals surface area contributed by atoms with E-state index in [4.69, 9.17) is 9.84 Å². The van der Waals surface area contributed by atoms with Crippen LogP contribution in [-0.2, 0) is 13.0 Å². The molecule has 1 aliphatic rings. The van der Waals surface area contributed by atoms with Gasteiger partial charge in [-0.1, -0.05) is 48.5 Å². The number of carbonyl (C=O) groups is 1.